The number of hydrogen-bond donors (Lipinski definition) is 2. The van der Waals surface area contributed by atoms with Crippen molar-refractivity contribution in [3.8, 4) is 0 Å². The van der Waals surface area contributed by atoms with Crippen molar-refractivity contribution in [1.82, 2.24) is 5.32 Å². The van der Waals surface area contributed by atoms with E-state index in [-0.39, 0.29) is 0 Å². The van der Waals surface area contributed by atoms with Crippen LogP contribution < -0.4 is 5.32 Å². The first-order valence-electron chi connectivity index (χ1n) is 6.12. The molecule has 86 valence electrons. The Morgan fingerprint density at radius 2 is 1.71 bits per heavy atom. The second-order valence-electron chi connectivity index (χ2n) is 4.09. The lowest BCUT2D eigenvalue weighted by atomic mass is 9.99. The van der Waals surface area contributed by atoms with Crippen LogP contribution in [0.25, 0.3) is 0 Å². The van der Waals surface area contributed by atoms with Gasteiger partial charge in [0, 0.05) is 12.6 Å². The maximum Gasteiger partial charge on any atom is 0.0434 e. The predicted octanol–water partition coefficient (Wildman–Crippen LogP) is 2.56. The highest BCUT2D eigenvalue weighted by Crippen LogP contribution is 2.10. The Kier molecular flexibility index (Phi) is 9.42. The molecule has 1 unspecified atom stereocenters. The third-order valence-corrected chi connectivity index (χ3v) is 2.92. The molecule has 0 saturated carbocycles. The average Bonchev–Trinajstić information content (AvgIpc) is 2.20. The van der Waals surface area contributed by atoms with Crippen molar-refractivity contribution in [3.63, 3.8) is 0 Å². The van der Waals surface area contributed by atoms with Crippen LogP contribution in [-0.4, -0.2) is 24.3 Å². The van der Waals surface area contributed by atoms with Crippen LogP contribution in [0.4, 0.5) is 0 Å². The molecule has 0 radical (unpaired) electrons. The van der Waals surface area contributed by atoms with E-state index in [1.807, 2.05) is 0 Å². The third-order valence-electron chi connectivity index (χ3n) is 2.92. The molecule has 1 atom stereocenters. The highest BCUT2D eigenvalue weighted by molar-refractivity contribution is 4.67. The fourth-order valence-electron chi connectivity index (χ4n) is 1.85. The van der Waals surface area contributed by atoms with Crippen molar-refractivity contribution in [2.75, 3.05) is 13.2 Å². The number of nitrogens with one attached hydrogen (secondary N) is 1. The van der Waals surface area contributed by atoms with E-state index in [0.29, 0.717) is 18.6 Å². The first-order chi connectivity index (χ1) is 6.78. The maximum atomic E-state index is 8.92. The van der Waals surface area contributed by atoms with Gasteiger partial charge < -0.3 is 10.4 Å². The van der Waals surface area contributed by atoms with Gasteiger partial charge >= 0.3 is 0 Å². The Bertz CT molecular complexity index is 107. The van der Waals surface area contributed by atoms with Crippen LogP contribution in [0.15, 0.2) is 0 Å². The summed E-state index contributed by atoms with van der Waals surface area (Å²) in [6.45, 7) is 8.06. The van der Waals surface area contributed by atoms with Gasteiger partial charge in [-0.25, -0.2) is 0 Å². The molecule has 0 amide bonds. The van der Waals surface area contributed by atoms with Crippen LogP contribution in [0.1, 0.15) is 52.9 Å². The first-order valence-corrected chi connectivity index (χ1v) is 6.12. The van der Waals surface area contributed by atoms with E-state index in [1.165, 1.54) is 25.7 Å². The summed E-state index contributed by atoms with van der Waals surface area (Å²) in [5.41, 5.74) is 0. The summed E-state index contributed by atoms with van der Waals surface area (Å²) in [7, 11) is 0. The van der Waals surface area contributed by atoms with Crippen LogP contribution in [0.2, 0.25) is 0 Å². The predicted molar refractivity (Wildman–Crippen MR) is 62.5 cm³/mol. The summed E-state index contributed by atoms with van der Waals surface area (Å²) in [5.74, 6) is 0.658. The normalized spacial score (nSPS) is 13.5. The lowest BCUT2D eigenvalue weighted by Crippen LogP contribution is -2.32. The monoisotopic (exact) mass is 201 g/mol. The molecule has 0 aromatic rings. The highest BCUT2D eigenvalue weighted by Gasteiger charge is 2.09. The molecule has 0 aromatic heterocycles. The minimum Gasteiger partial charge on any atom is -0.396 e. The molecule has 0 aromatic carbocycles. The fourth-order valence-corrected chi connectivity index (χ4v) is 1.85. The molecule has 0 saturated heterocycles. The number of rotatable bonds is 9. The van der Waals surface area contributed by atoms with Crippen LogP contribution in [0, 0.1) is 5.92 Å². The zero-order valence-electron chi connectivity index (χ0n) is 10.1. The molecule has 0 fully saturated rings. The summed E-state index contributed by atoms with van der Waals surface area (Å²) >= 11 is 0. The second kappa shape index (κ2) is 9.47. The quantitative estimate of drug-likeness (QED) is 0.601. The molecule has 2 nitrogen and oxygen atoms in total. The SMILES string of the molecule is CCCC(CCO)CNC(CC)CC. The number of hydrogen-bond acceptors (Lipinski definition) is 2. The minimum atomic E-state index is 0.329. The highest BCUT2D eigenvalue weighted by atomic mass is 16.3. The maximum absolute atomic E-state index is 8.92. The van der Waals surface area contributed by atoms with Crippen LogP contribution in [0.5, 0.6) is 0 Å². The molecule has 0 bridgehead atoms. The van der Waals surface area contributed by atoms with Gasteiger partial charge in [-0.1, -0.05) is 27.2 Å². The van der Waals surface area contributed by atoms with E-state index in [9.17, 15) is 0 Å². The van der Waals surface area contributed by atoms with Crippen molar-refractivity contribution >= 4 is 0 Å². The third kappa shape index (κ3) is 6.39. The molecule has 0 aliphatic carbocycles. The molecule has 2 heteroatoms. The lowest BCUT2D eigenvalue weighted by molar-refractivity contribution is 0.244. The van der Waals surface area contributed by atoms with Crippen molar-refractivity contribution in [1.29, 1.82) is 0 Å². The van der Waals surface area contributed by atoms with Gasteiger partial charge in [-0.05, 0) is 38.1 Å². The van der Waals surface area contributed by atoms with E-state index in [4.69, 9.17) is 5.11 Å². The van der Waals surface area contributed by atoms with Gasteiger partial charge in [0.1, 0.15) is 0 Å². The van der Waals surface area contributed by atoms with Crippen LogP contribution in [0.3, 0.4) is 0 Å². The van der Waals surface area contributed by atoms with E-state index < -0.39 is 0 Å². The average molecular weight is 201 g/mol. The van der Waals surface area contributed by atoms with Crippen molar-refractivity contribution in [3.05, 3.63) is 0 Å². The van der Waals surface area contributed by atoms with Crippen LogP contribution >= 0.6 is 0 Å². The van der Waals surface area contributed by atoms with Gasteiger partial charge in [0.2, 0.25) is 0 Å². The molecule has 0 rings (SSSR count). The summed E-state index contributed by atoms with van der Waals surface area (Å²) in [6.07, 6.45) is 5.80. The zero-order chi connectivity index (χ0) is 10.8. The van der Waals surface area contributed by atoms with Crippen molar-refractivity contribution < 1.29 is 5.11 Å². The first kappa shape index (κ1) is 13.9. The van der Waals surface area contributed by atoms with E-state index in [2.05, 4.69) is 26.1 Å². The van der Waals surface area contributed by atoms with Gasteiger partial charge in [-0.2, -0.15) is 0 Å². The van der Waals surface area contributed by atoms with Gasteiger partial charge in [0.25, 0.3) is 0 Å². The van der Waals surface area contributed by atoms with Gasteiger partial charge in [0.05, 0.1) is 0 Å². The molecule has 2 N–H and O–H groups in total. The molecule has 0 aliphatic heterocycles. The minimum absolute atomic E-state index is 0.329. The largest absolute Gasteiger partial charge is 0.396 e. The molecule has 0 spiro atoms. The Morgan fingerprint density at radius 1 is 1.07 bits per heavy atom. The van der Waals surface area contributed by atoms with Crippen LogP contribution in [-0.2, 0) is 0 Å². The fraction of sp³-hybridized carbons (Fsp3) is 1.00. The number of aliphatic hydroxyl groups excluding tert-OH is 1. The Hall–Kier alpha value is -0.0800. The second-order valence-corrected chi connectivity index (χ2v) is 4.09. The smallest absolute Gasteiger partial charge is 0.0434 e. The van der Waals surface area contributed by atoms with Gasteiger partial charge in [0.15, 0.2) is 0 Å². The summed E-state index contributed by atoms with van der Waals surface area (Å²) < 4.78 is 0. The molecular formula is C12H27NO. The van der Waals surface area contributed by atoms with Crippen molar-refractivity contribution in [2.24, 2.45) is 5.92 Å². The summed E-state index contributed by atoms with van der Waals surface area (Å²) in [4.78, 5) is 0. The van der Waals surface area contributed by atoms with E-state index in [0.717, 1.165) is 13.0 Å². The van der Waals surface area contributed by atoms with Crippen molar-refractivity contribution in [2.45, 2.75) is 58.9 Å². The molecular weight excluding hydrogens is 174 g/mol. The Morgan fingerprint density at radius 3 is 2.14 bits per heavy atom. The topological polar surface area (TPSA) is 32.3 Å². The van der Waals surface area contributed by atoms with E-state index in [1.54, 1.807) is 0 Å². The van der Waals surface area contributed by atoms with E-state index >= 15 is 0 Å². The Balaban J connectivity index is 3.67. The molecule has 0 heterocycles. The lowest BCUT2D eigenvalue weighted by Gasteiger charge is -2.20. The summed E-state index contributed by atoms with van der Waals surface area (Å²) in [6, 6.07) is 0.660. The molecule has 14 heavy (non-hydrogen) atoms. The Labute approximate surface area is 89.1 Å². The zero-order valence-corrected chi connectivity index (χ0v) is 10.1. The number of aliphatic hydroxyl groups is 1. The van der Waals surface area contributed by atoms with Gasteiger partial charge in [-0.3, -0.25) is 0 Å². The van der Waals surface area contributed by atoms with Gasteiger partial charge in [-0.15, -0.1) is 0 Å². The summed E-state index contributed by atoms with van der Waals surface area (Å²) in [5, 5.41) is 12.5. The molecule has 0 aliphatic rings. The standard InChI is InChI=1S/C12H27NO/c1-4-7-11(8-9-14)10-13-12(5-2)6-3/h11-14H,4-10H2,1-3H3.